The monoisotopic (exact) mass is 224 g/mol. The Morgan fingerprint density at radius 1 is 1.44 bits per heavy atom. The third-order valence-electron chi connectivity index (χ3n) is 1.78. The molecule has 4 nitrogen and oxygen atoms in total. The summed E-state index contributed by atoms with van der Waals surface area (Å²) in [6.07, 6.45) is 2.56. The van der Waals surface area contributed by atoms with E-state index in [-0.39, 0.29) is 12.0 Å². The van der Waals surface area contributed by atoms with Crippen molar-refractivity contribution in [3.8, 4) is 6.07 Å². The van der Waals surface area contributed by atoms with E-state index in [0.717, 1.165) is 0 Å². The molecule has 0 heterocycles. The Bertz CT molecular complexity index is 295. The van der Waals surface area contributed by atoms with Gasteiger partial charge in [-0.05, 0) is 26.7 Å². The highest BCUT2D eigenvalue weighted by atomic mass is 16.6. The van der Waals surface area contributed by atoms with Crippen LogP contribution in [0.15, 0.2) is 12.2 Å². The van der Waals surface area contributed by atoms with Gasteiger partial charge in [-0.2, -0.15) is 5.26 Å². The molecule has 1 atom stereocenters. The summed E-state index contributed by atoms with van der Waals surface area (Å²) < 4.78 is 5.13. The lowest BCUT2D eigenvalue weighted by Crippen LogP contribution is -2.40. The van der Waals surface area contributed by atoms with Crippen molar-refractivity contribution >= 4 is 6.09 Å². The molecule has 0 aromatic heterocycles. The molecule has 16 heavy (non-hydrogen) atoms. The molecule has 1 amide bonds. The topological polar surface area (TPSA) is 62.1 Å². The van der Waals surface area contributed by atoms with E-state index in [1.54, 1.807) is 6.08 Å². The van der Waals surface area contributed by atoms with Crippen molar-refractivity contribution in [2.45, 2.75) is 46.3 Å². The Kier molecular flexibility index (Phi) is 5.59. The first-order chi connectivity index (χ1) is 7.26. The van der Waals surface area contributed by atoms with Crippen LogP contribution in [0.1, 0.15) is 34.6 Å². The summed E-state index contributed by atoms with van der Waals surface area (Å²) in [6, 6.07) is 1.72. The number of carbonyl (C=O) groups is 1. The third-order valence-corrected chi connectivity index (χ3v) is 1.78. The lowest BCUT2D eigenvalue weighted by Gasteiger charge is -2.23. The largest absolute Gasteiger partial charge is 0.444 e. The average molecular weight is 224 g/mol. The van der Waals surface area contributed by atoms with Crippen LogP contribution in [0.25, 0.3) is 0 Å². The molecule has 0 aromatic carbocycles. The molecule has 0 aliphatic rings. The average Bonchev–Trinajstić information content (AvgIpc) is 2.08. The van der Waals surface area contributed by atoms with E-state index in [0.29, 0.717) is 0 Å². The van der Waals surface area contributed by atoms with E-state index in [1.807, 2.05) is 40.7 Å². The van der Waals surface area contributed by atoms with Gasteiger partial charge in [-0.15, -0.1) is 0 Å². The molecular formula is C12H20N2O2. The summed E-state index contributed by atoms with van der Waals surface area (Å²) in [5.41, 5.74) is -0.509. The van der Waals surface area contributed by atoms with Gasteiger partial charge in [-0.3, -0.25) is 0 Å². The minimum absolute atomic E-state index is 0.186. The molecule has 0 rings (SSSR count). The van der Waals surface area contributed by atoms with Crippen molar-refractivity contribution in [3.63, 3.8) is 0 Å². The fourth-order valence-electron chi connectivity index (χ4n) is 1.03. The SMILES string of the molecule is CC(C)[C@@H](/C=C/C#N)NC(=O)OC(C)(C)C. The minimum atomic E-state index is -0.509. The predicted molar refractivity (Wildman–Crippen MR) is 62.7 cm³/mol. The van der Waals surface area contributed by atoms with Gasteiger partial charge < -0.3 is 10.1 Å². The van der Waals surface area contributed by atoms with Crippen LogP contribution in [0, 0.1) is 17.2 Å². The molecule has 0 aromatic rings. The number of allylic oxidation sites excluding steroid dienone is 1. The highest BCUT2D eigenvalue weighted by Gasteiger charge is 2.19. The van der Waals surface area contributed by atoms with E-state index < -0.39 is 11.7 Å². The van der Waals surface area contributed by atoms with Crippen molar-refractivity contribution in [3.05, 3.63) is 12.2 Å². The second-order valence-electron chi connectivity index (χ2n) is 4.90. The zero-order valence-corrected chi connectivity index (χ0v) is 10.6. The molecule has 0 saturated carbocycles. The van der Waals surface area contributed by atoms with Crippen LogP contribution in [0.4, 0.5) is 4.79 Å². The van der Waals surface area contributed by atoms with E-state index in [9.17, 15) is 4.79 Å². The first kappa shape index (κ1) is 14.5. The van der Waals surface area contributed by atoms with Crippen molar-refractivity contribution in [2.75, 3.05) is 0 Å². The van der Waals surface area contributed by atoms with Crippen molar-refractivity contribution in [2.24, 2.45) is 5.92 Å². The van der Waals surface area contributed by atoms with E-state index >= 15 is 0 Å². The summed E-state index contributed by atoms with van der Waals surface area (Å²) in [7, 11) is 0. The molecule has 0 spiro atoms. The van der Waals surface area contributed by atoms with Crippen LogP contribution >= 0.6 is 0 Å². The van der Waals surface area contributed by atoms with Crippen molar-refractivity contribution < 1.29 is 9.53 Å². The smallest absolute Gasteiger partial charge is 0.408 e. The molecule has 0 aliphatic carbocycles. The number of rotatable bonds is 3. The Hall–Kier alpha value is -1.50. The second-order valence-corrected chi connectivity index (χ2v) is 4.90. The predicted octanol–water partition coefficient (Wildman–Crippen LogP) is 2.62. The first-order valence-corrected chi connectivity index (χ1v) is 5.32. The van der Waals surface area contributed by atoms with Crippen LogP contribution in [0.2, 0.25) is 0 Å². The molecule has 0 radical (unpaired) electrons. The first-order valence-electron chi connectivity index (χ1n) is 5.32. The Labute approximate surface area is 97.3 Å². The zero-order valence-electron chi connectivity index (χ0n) is 10.6. The molecule has 0 saturated heterocycles. The Morgan fingerprint density at radius 3 is 2.38 bits per heavy atom. The molecule has 4 heteroatoms. The van der Waals surface area contributed by atoms with Gasteiger partial charge in [0, 0.05) is 6.08 Å². The highest BCUT2D eigenvalue weighted by molar-refractivity contribution is 5.68. The van der Waals surface area contributed by atoms with Crippen LogP contribution in [0.5, 0.6) is 0 Å². The van der Waals surface area contributed by atoms with Crippen LogP contribution < -0.4 is 5.32 Å². The second kappa shape index (κ2) is 6.16. The van der Waals surface area contributed by atoms with Crippen molar-refractivity contribution in [1.29, 1.82) is 5.26 Å². The lowest BCUT2D eigenvalue weighted by atomic mass is 10.0. The number of carbonyl (C=O) groups excluding carboxylic acids is 1. The van der Waals surface area contributed by atoms with Gasteiger partial charge >= 0.3 is 6.09 Å². The van der Waals surface area contributed by atoms with Crippen LogP contribution in [-0.4, -0.2) is 17.7 Å². The maximum atomic E-state index is 11.5. The molecule has 0 aliphatic heterocycles. The summed E-state index contributed by atoms with van der Waals surface area (Å²) in [6.45, 7) is 9.35. The number of ether oxygens (including phenoxy) is 1. The van der Waals surface area contributed by atoms with Gasteiger partial charge in [0.15, 0.2) is 0 Å². The fraction of sp³-hybridized carbons (Fsp3) is 0.667. The van der Waals surface area contributed by atoms with E-state index in [4.69, 9.17) is 10.00 Å². The number of nitrogens with zero attached hydrogens (tertiary/aromatic N) is 1. The van der Waals surface area contributed by atoms with Crippen LogP contribution in [0.3, 0.4) is 0 Å². The summed E-state index contributed by atoms with van der Waals surface area (Å²) in [4.78, 5) is 11.5. The molecule has 0 fully saturated rings. The molecule has 90 valence electrons. The number of nitriles is 1. The fourth-order valence-corrected chi connectivity index (χ4v) is 1.03. The van der Waals surface area contributed by atoms with E-state index in [2.05, 4.69) is 5.32 Å². The highest BCUT2D eigenvalue weighted by Crippen LogP contribution is 2.09. The normalized spacial score (nSPS) is 13.6. The summed E-state index contributed by atoms with van der Waals surface area (Å²) >= 11 is 0. The lowest BCUT2D eigenvalue weighted by molar-refractivity contribution is 0.0504. The van der Waals surface area contributed by atoms with Gasteiger partial charge in [0.25, 0.3) is 0 Å². The number of alkyl carbamates (subject to hydrolysis) is 1. The Morgan fingerprint density at radius 2 is 2.00 bits per heavy atom. The number of nitrogens with one attached hydrogen (secondary N) is 1. The van der Waals surface area contributed by atoms with Crippen molar-refractivity contribution in [1.82, 2.24) is 5.32 Å². The number of amides is 1. The summed E-state index contributed by atoms with van der Waals surface area (Å²) in [5, 5.41) is 11.1. The zero-order chi connectivity index (χ0) is 12.8. The van der Waals surface area contributed by atoms with Gasteiger partial charge in [0.05, 0.1) is 12.1 Å². The van der Waals surface area contributed by atoms with Gasteiger partial charge in [0.1, 0.15) is 5.60 Å². The number of hydrogen-bond acceptors (Lipinski definition) is 3. The molecule has 1 N–H and O–H groups in total. The molecular weight excluding hydrogens is 204 g/mol. The Balaban J connectivity index is 4.37. The maximum absolute atomic E-state index is 11.5. The minimum Gasteiger partial charge on any atom is -0.444 e. The molecule has 0 unspecified atom stereocenters. The third kappa shape index (κ3) is 6.88. The summed E-state index contributed by atoms with van der Waals surface area (Å²) in [5.74, 6) is 0.206. The maximum Gasteiger partial charge on any atom is 0.408 e. The quantitative estimate of drug-likeness (QED) is 0.749. The number of hydrogen-bond donors (Lipinski definition) is 1. The van der Waals surface area contributed by atoms with Crippen LogP contribution in [-0.2, 0) is 4.74 Å². The standard InChI is InChI=1S/C12H20N2O2/c1-9(2)10(7-6-8-13)14-11(15)16-12(3,4)5/h6-7,9-10H,1-5H3,(H,14,15)/b7-6+/t10-/m1/s1. The van der Waals surface area contributed by atoms with Gasteiger partial charge in [-0.25, -0.2) is 4.79 Å². The van der Waals surface area contributed by atoms with Gasteiger partial charge in [-0.1, -0.05) is 19.9 Å². The molecule has 0 bridgehead atoms. The van der Waals surface area contributed by atoms with E-state index in [1.165, 1.54) is 6.08 Å². The van der Waals surface area contributed by atoms with Gasteiger partial charge in [0.2, 0.25) is 0 Å².